The molecule has 2 heterocycles. The van der Waals surface area contributed by atoms with Gasteiger partial charge in [0.1, 0.15) is 31.3 Å². The second kappa shape index (κ2) is 27.4. The molecule has 58 heavy (non-hydrogen) atoms. The number of rotatable bonds is 31. The standard InChI is InChI=1S/C39H53ClN4O14/c40-31-24-32(42-39(49)41-27-29-1-2-34-30(23-29)28-44(38(34)48)35-3-4-36(46)43-37(35)47)26-33(25-31)58-22-21-57-20-19-56-18-17-55-16-15-54-14-13-53-12-11-52-10-9-51-8-7-50-6-5-45/h1-2,5,23-26,35H,3-4,6-22,27-28H2,(H2,41,42,49)(H,43,46,47). The number of hydrogen-bond donors (Lipinski definition) is 3. The number of ether oxygens (including phenoxy) is 9. The van der Waals surface area contributed by atoms with Crippen molar-refractivity contribution in [2.75, 3.05) is 118 Å². The number of nitrogens with zero attached hydrogens (tertiary/aromatic N) is 1. The van der Waals surface area contributed by atoms with Gasteiger partial charge in [-0.1, -0.05) is 23.7 Å². The molecule has 2 aromatic rings. The van der Waals surface area contributed by atoms with Crippen LogP contribution in [0, 0.1) is 0 Å². The van der Waals surface area contributed by atoms with Crippen LogP contribution in [0.1, 0.15) is 34.3 Å². The van der Waals surface area contributed by atoms with Crippen LogP contribution in [-0.4, -0.2) is 153 Å². The maximum absolute atomic E-state index is 12.9. The van der Waals surface area contributed by atoms with Crippen molar-refractivity contribution in [2.24, 2.45) is 0 Å². The van der Waals surface area contributed by atoms with E-state index in [0.717, 1.165) is 11.1 Å². The average Bonchev–Trinajstić information content (AvgIpc) is 3.52. The van der Waals surface area contributed by atoms with E-state index < -0.39 is 18.0 Å². The van der Waals surface area contributed by atoms with Crippen molar-refractivity contribution in [1.29, 1.82) is 0 Å². The number of aldehydes is 1. The second-order valence-corrected chi connectivity index (χ2v) is 13.2. The highest BCUT2D eigenvalue weighted by Gasteiger charge is 2.39. The Hall–Kier alpha value is -4.24. The predicted molar refractivity (Wildman–Crippen MR) is 208 cm³/mol. The Kier molecular flexibility index (Phi) is 22.0. The van der Waals surface area contributed by atoms with Gasteiger partial charge in [0.15, 0.2) is 0 Å². The Morgan fingerprint density at radius 1 is 0.741 bits per heavy atom. The number of piperidine rings is 1. The van der Waals surface area contributed by atoms with E-state index in [-0.39, 0.29) is 51.0 Å². The van der Waals surface area contributed by atoms with Gasteiger partial charge in [0.25, 0.3) is 5.91 Å². The monoisotopic (exact) mass is 836 g/mol. The topological polar surface area (TPSA) is 208 Å². The fraction of sp³-hybridized carbons (Fsp3) is 0.564. The molecule has 1 atom stereocenters. The number of carbonyl (C=O) groups excluding carboxylic acids is 5. The summed E-state index contributed by atoms with van der Waals surface area (Å²) >= 11 is 6.26. The molecule has 19 heteroatoms. The summed E-state index contributed by atoms with van der Waals surface area (Å²) in [5.74, 6) is -0.601. The van der Waals surface area contributed by atoms with E-state index >= 15 is 0 Å². The Morgan fingerprint density at radius 2 is 1.29 bits per heavy atom. The zero-order chi connectivity index (χ0) is 41.2. The van der Waals surface area contributed by atoms with E-state index in [9.17, 15) is 24.0 Å². The molecule has 0 spiro atoms. The third-order valence-corrected chi connectivity index (χ3v) is 8.67. The van der Waals surface area contributed by atoms with Crippen LogP contribution in [0.2, 0.25) is 5.02 Å². The smallest absolute Gasteiger partial charge is 0.319 e. The summed E-state index contributed by atoms with van der Waals surface area (Å²) in [6, 6.07) is 8.98. The van der Waals surface area contributed by atoms with Gasteiger partial charge < -0.3 is 63.0 Å². The fourth-order valence-corrected chi connectivity index (χ4v) is 5.93. The second-order valence-electron chi connectivity index (χ2n) is 12.8. The van der Waals surface area contributed by atoms with Crippen molar-refractivity contribution >= 4 is 47.3 Å². The number of nitrogens with one attached hydrogen (secondary N) is 3. The van der Waals surface area contributed by atoms with Gasteiger partial charge in [-0.15, -0.1) is 0 Å². The van der Waals surface area contributed by atoms with E-state index in [1.807, 2.05) is 6.07 Å². The van der Waals surface area contributed by atoms with Crippen molar-refractivity contribution < 1.29 is 66.6 Å². The molecule has 2 aliphatic rings. The van der Waals surface area contributed by atoms with Crippen LogP contribution >= 0.6 is 11.6 Å². The van der Waals surface area contributed by atoms with E-state index in [2.05, 4.69) is 16.0 Å². The first kappa shape index (κ1) is 46.4. The van der Waals surface area contributed by atoms with Crippen LogP contribution in [0.4, 0.5) is 10.5 Å². The lowest BCUT2D eigenvalue weighted by Crippen LogP contribution is -2.52. The lowest BCUT2D eigenvalue weighted by Gasteiger charge is -2.29. The largest absolute Gasteiger partial charge is 0.491 e. The van der Waals surface area contributed by atoms with Crippen LogP contribution in [0.25, 0.3) is 0 Å². The molecule has 0 bridgehead atoms. The molecular weight excluding hydrogens is 784 g/mol. The average molecular weight is 837 g/mol. The maximum Gasteiger partial charge on any atom is 0.319 e. The van der Waals surface area contributed by atoms with Gasteiger partial charge in [0, 0.05) is 41.9 Å². The van der Waals surface area contributed by atoms with E-state index in [4.69, 9.17) is 54.2 Å². The molecule has 5 amide bonds. The Labute approximate surface area is 342 Å². The lowest BCUT2D eigenvalue weighted by molar-refractivity contribution is -0.137. The minimum Gasteiger partial charge on any atom is -0.491 e. The van der Waals surface area contributed by atoms with E-state index in [1.165, 1.54) is 4.90 Å². The first-order valence-electron chi connectivity index (χ1n) is 19.1. The zero-order valence-electron chi connectivity index (χ0n) is 32.5. The molecule has 0 radical (unpaired) electrons. The molecule has 0 saturated carbocycles. The number of carbonyl (C=O) groups is 5. The van der Waals surface area contributed by atoms with Gasteiger partial charge >= 0.3 is 6.03 Å². The van der Waals surface area contributed by atoms with E-state index in [1.54, 1.807) is 30.3 Å². The van der Waals surface area contributed by atoms with Crippen molar-refractivity contribution in [3.05, 3.63) is 58.1 Å². The molecule has 320 valence electrons. The lowest BCUT2D eigenvalue weighted by atomic mass is 10.0. The zero-order valence-corrected chi connectivity index (χ0v) is 33.3. The number of fused-ring (bicyclic) bond motifs is 1. The SMILES string of the molecule is O=CCOCCOCCOCCOCCOCCOCCOCCOCCOc1cc(Cl)cc(NC(=O)NCc2ccc3c(c2)CN(C2CCC(=O)NC2=O)C3=O)c1. The van der Waals surface area contributed by atoms with Crippen LogP contribution in [0.5, 0.6) is 5.75 Å². The van der Waals surface area contributed by atoms with Crippen molar-refractivity contribution in [1.82, 2.24) is 15.5 Å². The van der Waals surface area contributed by atoms with Crippen molar-refractivity contribution in [3.63, 3.8) is 0 Å². The van der Waals surface area contributed by atoms with Gasteiger partial charge in [-0.2, -0.15) is 0 Å². The van der Waals surface area contributed by atoms with Crippen LogP contribution in [-0.2, 0) is 65.4 Å². The molecule has 18 nitrogen and oxygen atoms in total. The minimum absolute atomic E-state index is 0.0817. The number of halogens is 1. The molecule has 3 N–H and O–H groups in total. The first-order chi connectivity index (χ1) is 28.3. The Bertz CT molecular complexity index is 1600. The molecule has 4 rings (SSSR count). The minimum atomic E-state index is -0.692. The predicted octanol–water partition coefficient (Wildman–Crippen LogP) is 2.13. The van der Waals surface area contributed by atoms with Gasteiger partial charge in [-0.05, 0) is 35.7 Å². The van der Waals surface area contributed by atoms with Crippen LogP contribution < -0.4 is 20.7 Å². The molecule has 0 aliphatic carbocycles. The number of hydrogen-bond acceptors (Lipinski definition) is 14. The summed E-state index contributed by atoms with van der Waals surface area (Å²) in [5.41, 5.74) is 2.46. The Balaban J connectivity index is 0.951. The molecular formula is C39H53ClN4O14. The molecule has 1 saturated heterocycles. The number of urea groups is 1. The quantitative estimate of drug-likeness (QED) is 0.0566. The molecule has 0 aromatic heterocycles. The van der Waals surface area contributed by atoms with Gasteiger partial charge in [-0.3, -0.25) is 19.7 Å². The van der Waals surface area contributed by atoms with Gasteiger partial charge in [-0.25, -0.2) is 4.79 Å². The molecule has 2 aliphatic heterocycles. The summed E-state index contributed by atoms with van der Waals surface area (Å²) in [6.45, 7) is 7.18. The summed E-state index contributed by atoms with van der Waals surface area (Å²) in [6.07, 6.45) is 1.17. The third kappa shape index (κ3) is 17.7. The first-order valence-corrected chi connectivity index (χ1v) is 19.5. The van der Waals surface area contributed by atoms with Gasteiger partial charge in [0.05, 0.1) is 99.1 Å². The maximum atomic E-state index is 12.9. The summed E-state index contributed by atoms with van der Waals surface area (Å²) in [4.78, 5) is 61.1. The van der Waals surface area contributed by atoms with Crippen molar-refractivity contribution in [2.45, 2.75) is 32.0 Å². The highest BCUT2D eigenvalue weighted by Crippen LogP contribution is 2.28. The van der Waals surface area contributed by atoms with E-state index in [0.29, 0.717) is 127 Å². The molecule has 1 unspecified atom stereocenters. The molecule has 1 fully saturated rings. The highest BCUT2D eigenvalue weighted by atomic mass is 35.5. The molecule has 2 aromatic carbocycles. The number of benzene rings is 2. The van der Waals surface area contributed by atoms with Crippen LogP contribution in [0.3, 0.4) is 0 Å². The number of amides is 5. The summed E-state index contributed by atoms with van der Waals surface area (Å²) < 4.78 is 48.9. The van der Waals surface area contributed by atoms with Gasteiger partial charge in [0.2, 0.25) is 11.8 Å². The third-order valence-electron chi connectivity index (χ3n) is 8.46. The van der Waals surface area contributed by atoms with Crippen LogP contribution in [0.15, 0.2) is 36.4 Å². The summed E-state index contributed by atoms with van der Waals surface area (Å²) in [7, 11) is 0. The Morgan fingerprint density at radius 3 is 1.84 bits per heavy atom. The van der Waals surface area contributed by atoms with Crippen molar-refractivity contribution in [3.8, 4) is 5.75 Å². The fourth-order valence-electron chi connectivity index (χ4n) is 5.70. The number of imide groups is 1. The highest BCUT2D eigenvalue weighted by molar-refractivity contribution is 6.31. The normalized spacial score (nSPS) is 15.0. The summed E-state index contributed by atoms with van der Waals surface area (Å²) in [5, 5.41) is 8.21. The number of anilines is 1.